The number of rotatable bonds is 3. The molecule has 1 aliphatic heterocycles. The van der Waals surface area contributed by atoms with E-state index in [1.165, 1.54) is 17.7 Å². The largest absolute Gasteiger partial charge is 0.335 e. The molecule has 0 bridgehead atoms. The molecule has 26 heavy (non-hydrogen) atoms. The summed E-state index contributed by atoms with van der Waals surface area (Å²) in [7, 11) is 0. The number of amides is 3. The number of aryl methyl sites for hydroxylation is 1. The maximum absolute atomic E-state index is 13.8. The van der Waals surface area contributed by atoms with Gasteiger partial charge < -0.3 is 15.1 Å². The molecule has 0 aliphatic carbocycles. The van der Waals surface area contributed by atoms with Gasteiger partial charge in [0.1, 0.15) is 5.82 Å². The zero-order valence-electron chi connectivity index (χ0n) is 14.7. The number of carbonyl (C=O) groups is 2. The normalized spacial score (nSPS) is 14.2. The fraction of sp³-hybridized carbons (Fsp3) is 0.300. The topological polar surface area (TPSA) is 52.7 Å². The van der Waals surface area contributed by atoms with Crippen LogP contribution in [0.2, 0.25) is 0 Å². The molecule has 0 aromatic heterocycles. The van der Waals surface area contributed by atoms with Crippen molar-refractivity contribution in [2.24, 2.45) is 0 Å². The van der Waals surface area contributed by atoms with E-state index in [0.717, 1.165) is 5.56 Å². The van der Waals surface area contributed by atoms with Crippen molar-refractivity contribution in [3.8, 4) is 0 Å². The van der Waals surface area contributed by atoms with Crippen molar-refractivity contribution < 1.29 is 14.0 Å². The van der Waals surface area contributed by atoms with Crippen molar-refractivity contribution in [3.63, 3.8) is 0 Å². The van der Waals surface area contributed by atoms with Gasteiger partial charge >= 0.3 is 6.03 Å². The van der Waals surface area contributed by atoms with Gasteiger partial charge in [0.25, 0.3) is 5.91 Å². The Morgan fingerprint density at radius 2 is 1.58 bits per heavy atom. The van der Waals surface area contributed by atoms with Crippen LogP contribution < -0.4 is 5.32 Å². The number of benzene rings is 2. The first kappa shape index (κ1) is 17.9. The van der Waals surface area contributed by atoms with Crippen LogP contribution in [-0.2, 0) is 6.54 Å². The van der Waals surface area contributed by atoms with Gasteiger partial charge in [0.05, 0.1) is 5.56 Å². The third kappa shape index (κ3) is 4.20. The molecule has 0 unspecified atom stereocenters. The molecule has 2 aromatic rings. The summed E-state index contributed by atoms with van der Waals surface area (Å²) < 4.78 is 13.8. The summed E-state index contributed by atoms with van der Waals surface area (Å²) in [5.41, 5.74) is 2.29. The van der Waals surface area contributed by atoms with Crippen molar-refractivity contribution in [1.29, 1.82) is 0 Å². The summed E-state index contributed by atoms with van der Waals surface area (Å²) in [5.74, 6) is -0.849. The number of urea groups is 1. The predicted molar refractivity (Wildman–Crippen MR) is 97.3 cm³/mol. The van der Waals surface area contributed by atoms with E-state index in [9.17, 15) is 14.0 Å². The Balaban J connectivity index is 1.50. The van der Waals surface area contributed by atoms with E-state index in [1.807, 2.05) is 31.2 Å². The number of hydrogen-bond donors (Lipinski definition) is 1. The second-order valence-electron chi connectivity index (χ2n) is 6.40. The number of hydrogen-bond acceptors (Lipinski definition) is 2. The zero-order valence-corrected chi connectivity index (χ0v) is 14.7. The van der Waals surface area contributed by atoms with Crippen molar-refractivity contribution in [1.82, 2.24) is 15.1 Å². The lowest BCUT2D eigenvalue weighted by atomic mass is 10.1. The molecule has 0 atom stereocenters. The molecule has 0 radical (unpaired) electrons. The monoisotopic (exact) mass is 355 g/mol. The Bertz CT molecular complexity index is 784. The number of nitrogens with zero attached hydrogens (tertiary/aromatic N) is 2. The van der Waals surface area contributed by atoms with Gasteiger partial charge in [0.15, 0.2) is 0 Å². The molecule has 3 amide bonds. The average Bonchev–Trinajstić information content (AvgIpc) is 2.67. The lowest BCUT2D eigenvalue weighted by molar-refractivity contribution is 0.0660. The van der Waals surface area contributed by atoms with Crippen molar-refractivity contribution in [2.45, 2.75) is 13.5 Å². The highest BCUT2D eigenvalue weighted by molar-refractivity contribution is 5.94. The maximum atomic E-state index is 13.8. The van der Waals surface area contributed by atoms with Crippen LogP contribution in [0.3, 0.4) is 0 Å². The molecule has 6 heteroatoms. The number of piperazine rings is 1. The molecule has 5 nitrogen and oxygen atoms in total. The second kappa shape index (κ2) is 7.99. The van der Waals surface area contributed by atoms with E-state index in [0.29, 0.717) is 32.7 Å². The zero-order chi connectivity index (χ0) is 18.5. The molecule has 1 fully saturated rings. The van der Waals surface area contributed by atoms with Gasteiger partial charge in [-0.3, -0.25) is 4.79 Å². The quantitative estimate of drug-likeness (QED) is 0.920. The fourth-order valence-electron chi connectivity index (χ4n) is 2.91. The lowest BCUT2D eigenvalue weighted by Crippen LogP contribution is -2.53. The van der Waals surface area contributed by atoms with Gasteiger partial charge in [-0.2, -0.15) is 0 Å². The van der Waals surface area contributed by atoms with Crippen LogP contribution in [0.5, 0.6) is 0 Å². The fourth-order valence-corrected chi connectivity index (χ4v) is 2.91. The summed E-state index contributed by atoms with van der Waals surface area (Å²) in [6, 6.07) is 13.8. The van der Waals surface area contributed by atoms with Crippen LogP contribution in [0.25, 0.3) is 0 Å². The SMILES string of the molecule is Cc1ccc(CNC(=O)N2CCN(C(=O)c3ccccc3F)CC2)cc1. The van der Waals surface area contributed by atoms with Gasteiger partial charge in [-0.05, 0) is 24.6 Å². The van der Waals surface area contributed by atoms with Crippen LogP contribution in [0.15, 0.2) is 48.5 Å². The van der Waals surface area contributed by atoms with E-state index in [-0.39, 0.29) is 17.5 Å². The Hall–Kier alpha value is -2.89. The Labute approximate surface area is 152 Å². The number of carbonyl (C=O) groups excluding carboxylic acids is 2. The van der Waals surface area contributed by atoms with E-state index in [2.05, 4.69) is 5.32 Å². The maximum Gasteiger partial charge on any atom is 0.317 e. The summed E-state index contributed by atoms with van der Waals surface area (Å²) in [4.78, 5) is 28.0. The summed E-state index contributed by atoms with van der Waals surface area (Å²) in [6.07, 6.45) is 0. The minimum absolute atomic E-state index is 0.0739. The first-order valence-electron chi connectivity index (χ1n) is 8.67. The molecular weight excluding hydrogens is 333 g/mol. The van der Waals surface area contributed by atoms with Gasteiger partial charge in [-0.1, -0.05) is 42.0 Å². The summed E-state index contributed by atoms with van der Waals surface area (Å²) >= 11 is 0. The van der Waals surface area contributed by atoms with Crippen molar-refractivity contribution in [3.05, 3.63) is 71.0 Å². The predicted octanol–water partition coefficient (Wildman–Crippen LogP) is 2.80. The van der Waals surface area contributed by atoms with Crippen LogP contribution in [0.4, 0.5) is 9.18 Å². The van der Waals surface area contributed by atoms with Gasteiger partial charge in [0.2, 0.25) is 0 Å². The standard InChI is InChI=1S/C20H22FN3O2/c1-15-6-8-16(9-7-15)14-22-20(26)24-12-10-23(11-13-24)19(25)17-4-2-3-5-18(17)21/h2-9H,10-14H2,1H3,(H,22,26). The molecule has 136 valence electrons. The summed E-state index contributed by atoms with van der Waals surface area (Å²) in [6.45, 7) is 4.13. The highest BCUT2D eigenvalue weighted by Crippen LogP contribution is 2.12. The first-order valence-corrected chi connectivity index (χ1v) is 8.67. The van der Waals surface area contributed by atoms with Gasteiger partial charge in [-0.25, -0.2) is 9.18 Å². The Morgan fingerprint density at radius 1 is 0.962 bits per heavy atom. The summed E-state index contributed by atoms with van der Waals surface area (Å²) in [5, 5.41) is 2.90. The minimum Gasteiger partial charge on any atom is -0.335 e. The lowest BCUT2D eigenvalue weighted by Gasteiger charge is -2.34. The van der Waals surface area contributed by atoms with Crippen molar-refractivity contribution in [2.75, 3.05) is 26.2 Å². The molecule has 0 saturated carbocycles. The second-order valence-corrected chi connectivity index (χ2v) is 6.40. The van der Waals surface area contributed by atoms with Gasteiger partial charge in [0, 0.05) is 32.7 Å². The van der Waals surface area contributed by atoms with Crippen LogP contribution >= 0.6 is 0 Å². The Morgan fingerprint density at radius 3 is 2.23 bits per heavy atom. The molecule has 1 saturated heterocycles. The van der Waals surface area contributed by atoms with E-state index >= 15 is 0 Å². The molecule has 3 rings (SSSR count). The smallest absolute Gasteiger partial charge is 0.317 e. The molecule has 1 N–H and O–H groups in total. The highest BCUT2D eigenvalue weighted by Gasteiger charge is 2.25. The number of halogens is 1. The third-order valence-electron chi connectivity index (χ3n) is 4.52. The van der Waals surface area contributed by atoms with Crippen LogP contribution in [0.1, 0.15) is 21.5 Å². The average molecular weight is 355 g/mol. The number of nitrogens with one attached hydrogen (secondary N) is 1. The van der Waals surface area contributed by atoms with Gasteiger partial charge in [-0.15, -0.1) is 0 Å². The molecule has 1 aliphatic rings. The molecule has 1 heterocycles. The van der Waals surface area contributed by atoms with Crippen LogP contribution in [0, 0.1) is 12.7 Å². The van der Waals surface area contributed by atoms with E-state index < -0.39 is 5.82 Å². The third-order valence-corrected chi connectivity index (χ3v) is 4.52. The Kier molecular flexibility index (Phi) is 5.51. The van der Waals surface area contributed by atoms with E-state index in [1.54, 1.807) is 21.9 Å². The molecule has 0 spiro atoms. The first-order chi connectivity index (χ1) is 12.5. The van der Waals surface area contributed by atoms with Crippen molar-refractivity contribution >= 4 is 11.9 Å². The molecule has 2 aromatic carbocycles. The van der Waals surface area contributed by atoms with Crippen LogP contribution in [-0.4, -0.2) is 47.9 Å². The highest BCUT2D eigenvalue weighted by atomic mass is 19.1. The molecular formula is C20H22FN3O2. The minimum atomic E-state index is -0.518. The van der Waals surface area contributed by atoms with E-state index in [4.69, 9.17) is 0 Å².